The first-order valence-corrected chi connectivity index (χ1v) is 9.00. The zero-order valence-electron chi connectivity index (χ0n) is 15.3. The number of aliphatic hydroxyl groups is 1. The van der Waals surface area contributed by atoms with E-state index in [1.54, 1.807) is 29.8 Å². The van der Waals surface area contributed by atoms with E-state index in [4.69, 9.17) is 18.2 Å². The van der Waals surface area contributed by atoms with E-state index >= 15 is 0 Å². The summed E-state index contributed by atoms with van der Waals surface area (Å²) in [6.07, 6.45) is 1.10. The number of halogens is 1. The van der Waals surface area contributed by atoms with Crippen molar-refractivity contribution >= 4 is 23.2 Å². The Hall–Kier alpha value is -3.15. The minimum absolute atomic E-state index is 0.194. The predicted octanol–water partition coefficient (Wildman–Crippen LogP) is 3.35. The van der Waals surface area contributed by atoms with Crippen LogP contribution in [-0.2, 0) is 6.54 Å². The number of hydrogen-bond donors (Lipinski definition) is 3. The van der Waals surface area contributed by atoms with Gasteiger partial charge in [0, 0.05) is 22.8 Å². The lowest BCUT2D eigenvalue weighted by atomic mass is 10.1. The van der Waals surface area contributed by atoms with Gasteiger partial charge in [-0.3, -0.25) is 14.6 Å². The van der Waals surface area contributed by atoms with Crippen molar-refractivity contribution in [3.63, 3.8) is 0 Å². The molecule has 8 nitrogen and oxygen atoms in total. The molecule has 0 spiro atoms. The fourth-order valence-electron chi connectivity index (χ4n) is 2.67. The number of nitrogens with one attached hydrogen (secondary N) is 2. The molecular formula is C19H19ClN6O2. The van der Waals surface area contributed by atoms with Crippen LogP contribution < -0.4 is 5.32 Å². The fourth-order valence-corrected chi connectivity index (χ4v) is 2.89. The van der Waals surface area contributed by atoms with E-state index in [9.17, 15) is 9.90 Å². The highest BCUT2D eigenvalue weighted by Gasteiger charge is 2.16. The first-order valence-electron chi connectivity index (χ1n) is 8.62. The molecule has 3 rings (SSSR count). The zero-order chi connectivity index (χ0) is 20.3. The van der Waals surface area contributed by atoms with Gasteiger partial charge in [0.2, 0.25) is 5.69 Å². The minimum Gasteiger partial charge on any atom is -0.387 e. The van der Waals surface area contributed by atoms with Crippen molar-refractivity contribution in [1.82, 2.24) is 25.3 Å². The van der Waals surface area contributed by atoms with Gasteiger partial charge in [0.25, 0.3) is 5.91 Å². The lowest BCUT2D eigenvalue weighted by Crippen LogP contribution is -2.36. The molecule has 3 aromatic rings. The van der Waals surface area contributed by atoms with E-state index in [0.717, 1.165) is 11.3 Å². The summed E-state index contributed by atoms with van der Waals surface area (Å²) in [5.74, 6) is -0.329. The molecule has 0 fully saturated rings. The van der Waals surface area contributed by atoms with Crippen LogP contribution >= 0.6 is 11.6 Å². The third-order valence-corrected chi connectivity index (χ3v) is 4.43. The maximum atomic E-state index is 12.3. The number of aromatic amines is 1. The summed E-state index contributed by atoms with van der Waals surface area (Å²) >= 11 is 6.09. The molecule has 0 saturated carbocycles. The van der Waals surface area contributed by atoms with Crippen LogP contribution in [0.4, 0.5) is 5.69 Å². The van der Waals surface area contributed by atoms with E-state index in [-0.39, 0.29) is 17.6 Å². The smallest absolute Gasteiger partial charge is 0.272 e. The second-order valence-corrected chi connectivity index (χ2v) is 6.87. The van der Waals surface area contributed by atoms with Gasteiger partial charge in [-0.05, 0) is 32.0 Å². The Morgan fingerprint density at radius 3 is 2.82 bits per heavy atom. The standard InChI is InChI=1S/C19H19ClN6O2/c1-11(22-19(28)18-9-17(12(2)27)23-24-18)10-26-7-6-15(25-26)13-4-5-16(21-3)14(20)8-13/h4-9,11-12,27H,10H2,1-2H3,(H,22,28)(H,23,24)/t11-,12+/m0/s1. The number of aromatic nitrogens is 4. The first-order chi connectivity index (χ1) is 13.4. The van der Waals surface area contributed by atoms with E-state index in [2.05, 4.69) is 25.5 Å². The summed E-state index contributed by atoms with van der Waals surface area (Å²) in [6, 6.07) is 8.35. The summed E-state index contributed by atoms with van der Waals surface area (Å²) in [5, 5.41) is 23.8. The molecule has 1 amide bonds. The molecule has 0 aliphatic heterocycles. The molecule has 3 N–H and O–H groups in total. The molecule has 2 aromatic heterocycles. The van der Waals surface area contributed by atoms with E-state index in [0.29, 0.717) is 22.9 Å². The first kappa shape index (κ1) is 19.6. The molecule has 0 saturated heterocycles. The van der Waals surface area contributed by atoms with Gasteiger partial charge in [-0.15, -0.1) is 0 Å². The molecule has 0 aliphatic carbocycles. The van der Waals surface area contributed by atoms with Gasteiger partial charge < -0.3 is 10.4 Å². The molecule has 0 aliphatic rings. The highest BCUT2D eigenvalue weighted by atomic mass is 35.5. The Morgan fingerprint density at radius 2 is 2.18 bits per heavy atom. The van der Waals surface area contributed by atoms with Crippen molar-refractivity contribution in [3.05, 3.63) is 64.4 Å². The monoisotopic (exact) mass is 398 g/mol. The van der Waals surface area contributed by atoms with Crippen LogP contribution in [0.15, 0.2) is 36.5 Å². The number of rotatable bonds is 6. The Morgan fingerprint density at radius 1 is 1.39 bits per heavy atom. The van der Waals surface area contributed by atoms with Crippen LogP contribution in [-0.4, -0.2) is 37.0 Å². The summed E-state index contributed by atoms with van der Waals surface area (Å²) in [7, 11) is 0. The molecule has 9 heteroatoms. The van der Waals surface area contributed by atoms with Gasteiger partial charge in [-0.1, -0.05) is 23.7 Å². The number of aliphatic hydroxyl groups excluding tert-OH is 1. The van der Waals surface area contributed by atoms with Crippen molar-refractivity contribution < 1.29 is 9.90 Å². The fraction of sp³-hybridized carbons (Fsp3) is 0.263. The number of carbonyl (C=O) groups is 1. The molecule has 2 atom stereocenters. The second-order valence-electron chi connectivity index (χ2n) is 6.46. The van der Waals surface area contributed by atoms with Gasteiger partial charge in [-0.2, -0.15) is 10.2 Å². The Balaban J connectivity index is 1.63. The van der Waals surface area contributed by atoms with E-state index in [1.807, 2.05) is 19.2 Å². The van der Waals surface area contributed by atoms with Gasteiger partial charge in [0.05, 0.1) is 30.6 Å². The van der Waals surface area contributed by atoms with Crippen LogP contribution in [0.5, 0.6) is 0 Å². The Bertz CT molecular complexity index is 1030. The third-order valence-electron chi connectivity index (χ3n) is 4.12. The molecule has 2 heterocycles. The van der Waals surface area contributed by atoms with Crippen LogP contribution in [0.25, 0.3) is 16.1 Å². The summed E-state index contributed by atoms with van der Waals surface area (Å²) in [6.45, 7) is 11.0. The SMILES string of the molecule is [C-]#[N+]c1ccc(-c2ccn(C[C@H](C)NC(=O)c3cc([C@@H](C)O)[nH]n3)n2)cc1Cl. The summed E-state index contributed by atoms with van der Waals surface area (Å²) in [5.41, 5.74) is 2.65. The number of carbonyl (C=O) groups excluding carboxylic acids is 1. The molecule has 0 radical (unpaired) electrons. The van der Waals surface area contributed by atoms with Gasteiger partial charge in [0.1, 0.15) is 5.69 Å². The number of H-pyrrole nitrogens is 1. The van der Waals surface area contributed by atoms with Crippen LogP contribution in [0, 0.1) is 6.57 Å². The Labute approximate surface area is 167 Å². The van der Waals surface area contributed by atoms with Gasteiger partial charge in [0.15, 0.2) is 0 Å². The Kier molecular flexibility index (Phi) is 5.78. The average molecular weight is 399 g/mol. The van der Waals surface area contributed by atoms with Crippen molar-refractivity contribution in [1.29, 1.82) is 0 Å². The topological polar surface area (TPSA) is 100 Å². The van der Waals surface area contributed by atoms with Gasteiger partial charge >= 0.3 is 0 Å². The van der Waals surface area contributed by atoms with Gasteiger partial charge in [-0.25, -0.2) is 4.85 Å². The number of hydrogen-bond acceptors (Lipinski definition) is 4. The lowest BCUT2D eigenvalue weighted by molar-refractivity contribution is 0.0931. The molecule has 0 bridgehead atoms. The second kappa shape index (κ2) is 8.25. The number of benzene rings is 1. The number of amides is 1. The van der Waals surface area contributed by atoms with Crippen LogP contribution in [0.1, 0.15) is 36.1 Å². The minimum atomic E-state index is -0.716. The molecule has 1 aromatic carbocycles. The lowest BCUT2D eigenvalue weighted by Gasteiger charge is -2.13. The molecule has 0 unspecified atom stereocenters. The quantitative estimate of drug-likeness (QED) is 0.554. The van der Waals surface area contributed by atoms with E-state index < -0.39 is 6.10 Å². The number of nitrogens with zero attached hydrogens (tertiary/aromatic N) is 4. The van der Waals surface area contributed by atoms with Crippen molar-refractivity contribution in [2.45, 2.75) is 32.5 Å². The van der Waals surface area contributed by atoms with Crippen molar-refractivity contribution in [2.75, 3.05) is 0 Å². The van der Waals surface area contributed by atoms with Crippen LogP contribution in [0.2, 0.25) is 5.02 Å². The van der Waals surface area contributed by atoms with Crippen LogP contribution in [0.3, 0.4) is 0 Å². The maximum Gasteiger partial charge on any atom is 0.272 e. The van der Waals surface area contributed by atoms with Crippen molar-refractivity contribution in [2.24, 2.45) is 0 Å². The highest BCUT2D eigenvalue weighted by molar-refractivity contribution is 6.33. The van der Waals surface area contributed by atoms with Crippen molar-refractivity contribution in [3.8, 4) is 11.3 Å². The molecule has 28 heavy (non-hydrogen) atoms. The van der Waals surface area contributed by atoms with E-state index in [1.165, 1.54) is 6.07 Å². The third kappa shape index (κ3) is 4.39. The predicted molar refractivity (Wildman–Crippen MR) is 105 cm³/mol. The molecular weight excluding hydrogens is 380 g/mol. The molecule has 144 valence electrons. The normalized spacial score (nSPS) is 13.0. The maximum absolute atomic E-state index is 12.3. The highest BCUT2D eigenvalue weighted by Crippen LogP contribution is 2.29. The zero-order valence-corrected chi connectivity index (χ0v) is 16.1. The largest absolute Gasteiger partial charge is 0.387 e. The average Bonchev–Trinajstić information content (AvgIpc) is 3.31. The summed E-state index contributed by atoms with van der Waals surface area (Å²) in [4.78, 5) is 15.6. The summed E-state index contributed by atoms with van der Waals surface area (Å²) < 4.78 is 1.72.